The van der Waals surface area contributed by atoms with E-state index in [2.05, 4.69) is 10.6 Å². The van der Waals surface area contributed by atoms with Gasteiger partial charge in [0.15, 0.2) is 0 Å². The third kappa shape index (κ3) is 3.72. The summed E-state index contributed by atoms with van der Waals surface area (Å²) in [6, 6.07) is 12.0. The highest BCUT2D eigenvalue weighted by Crippen LogP contribution is 2.28. The van der Waals surface area contributed by atoms with Crippen LogP contribution in [0.2, 0.25) is 0 Å². The minimum atomic E-state index is -0.697. The Morgan fingerprint density at radius 1 is 1.23 bits per heavy atom. The van der Waals surface area contributed by atoms with E-state index < -0.39 is 18.0 Å². The number of amides is 2. The highest BCUT2D eigenvalue weighted by Gasteiger charge is 2.35. The molecule has 136 valence electrons. The monoisotopic (exact) mass is 355 g/mol. The second kappa shape index (κ2) is 7.77. The van der Waals surface area contributed by atoms with Crippen molar-refractivity contribution >= 4 is 17.7 Å². The van der Waals surface area contributed by atoms with Gasteiger partial charge in [0.1, 0.15) is 11.8 Å². The number of esters is 1. The first kappa shape index (κ1) is 17.6. The third-order valence-corrected chi connectivity index (χ3v) is 4.07. The number of para-hydroxylation sites is 1. The van der Waals surface area contributed by atoms with Crippen LogP contribution in [-0.4, -0.2) is 32.2 Å². The molecule has 2 N–H and O–H groups in total. The van der Waals surface area contributed by atoms with Crippen molar-refractivity contribution in [1.82, 2.24) is 10.6 Å². The molecule has 0 saturated carbocycles. The van der Waals surface area contributed by atoms with Crippen LogP contribution >= 0.6 is 0 Å². The van der Waals surface area contributed by atoms with Gasteiger partial charge < -0.3 is 24.7 Å². The molecule has 0 radical (unpaired) electrons. The molecule has 0 spiro atoms. The molecule has 2 amide bonds. The van der Waals surface area contributed by atoms with Crippen molar-refractivity contribution in [2.45, 2.75) is 13.0 Å². The molecule has 0 fully saturated rings. The quantitative estimate of drug-likeness (QED) is 0.778. The predicted octanol–water partition coefficient (Wildman–Crippen LogP) is 2.59. The van der Waals surface area contributed by atoms with E-state index in [4.69, 9.17) is 9.15 Å². The van der Waals surface area contributed by atoms with Gasteiger partial charge in [-0.15, -0.1) is 0 Å². The molecule has 1 atom stereocenters. The smallest absolute Gasteiger partial charge is 0.338 e. The van der Waals surface area contributed by atoms with Crippen molar-refractivity contribution in [2.24, 2.45) is 0 Å². The molecule has 1 aliphatic heterocycles. The molecule has 26 heavy (non-hydrogen) atoms. The molecule has 3 rings (SSSR count). The van der Waals surface area contributed by atoms with Gasteiger partial charge in [0, 0.05) is 12.7 Å². The zero-order chi connectivity index (χ0) is 18.5. The molecule has 0 saturated heterocycles. The van der Waals surface area contributed by atoms with Crippen LogP contribution in [0.4, 0.5) is 10.5 Å². The van der Waals surface area contributed by atoms with Crippen LogP contribution in [0.15, 0.2) is 64.4 Å². The Morgan fingerprint density at radius 3 is 2.65 bits per heavy atom. The number of likely N-dealkylation sites (N-methyl/N-ethyl adjacent to an activating group) is 1. The molecular weight excluding hydrogens is 334 g/mol. The molecule has 1 aromatic heterocycles. The lowest BCUT2D eigenvalue weighted by molar-refractivity contribution is -0.139. The summed E-state index contributed by atoms with van der Waals surface area (Å²) in [5.74, 6) is -0.0133. The highest BCUT2D eigenvalue weighted by molar-refractivity contribution is 5.95. The molecular formula is C19H21N3O4. The van der Waals surface area contributed by atoms with Crippen molar-refractivity contribution in [3.8, 4) is 0 Å². The summed E-state index contributed by atoms with van der Waals surface area (Å²) >= 11 is 0. The van der Waals surface area contributed by atoms with E-state index >= 15 is 0 Å². The van der Waals surface area contributed by atoms with Crippen LogP contribution in [0.25, 0.3) is 0 Å². The minimum absolute atomic E-state index is 0.239. The van der Waals surface area contributed by atoms with Crippen molar-refractivity contribution in [1.29, 1.82) is 0 Å². The highest BCUT2D eigenvalue weighted by atomic mass is 16.5. The molecule has 2 heterocycles. The Kier molecular flexibility index (Phi) is 5.26. The molecule has 1 aliphatic rings. The average molecular weight is 355 g/mol. The number of nitrogens with one attached hydrogen (secondary N) is 2. The summed E-state index contributed by atoms with van der Waals surface area (Å²) in [6.45, 7) is 2.32. The van der Waals surface area contributed by atoms with E-state index in [1.54, 1.807) is 19.1 Å². The summed E-state index contributed by atoms with van der Waals surface area (Å²) < 4.78 is 10.6. The Morgan fingerprint density at radius 2 is 2.00 bits per heavy atom. The van der Waals surface area contributed by atoms with Gasteiger partial charge in [-0.1, -0.05) is 18.2 Å². The Balaban J connectivity index is 1.98. The molecule has 7 heteroatoms. The van der Waals surface area contributed by atoms with Crippen LogP contribution in [0, 0.1) is 0 Å². The first-order valence-corrected chi connectivity index (χ1v) is 8.37. The zero-order valence-corrected chi connectivity index (χ0v) is 14.7. The first-order valence-electron chi connectivity index (χ1n) is 8.37. The van der Waals surface area contributed by atoms with E-state index in [9.17, 15) is 9.59 Å². The number of urea groups is 1. The van der Waals surface area contributed by atoms with Gasteiger partial charge in [0.2, 0.25) is 0 Å². The zero-order valence-electron chi connectivity index (χ0n) is 14.7. The molecule has 2 aromatic rings. The van der Waals surface area contributed by atoms with Gasteiger partial charge in [0.25, 0.3) is 0 Å². The second-order valence-corrected chi connectivity index (χ2v) is 5.85. The van der Waals surface area contributed by atoms with E-state index in [-0.39, 0.29) is 6.61 Å². The van der Waals surface area contributed by atoms with Gasteiger partial charge >= 0.3 is 12.0 Å². The van der Waals surface area contributed by atoms with Crippen molar-refractivity contribution < 1.29 is 18.7 Å². The van der Waals surface area contributed by atoms with E-state index in [0.29, 0.717) is 23.6 Å². The largest absolute Gasteiger partial charge is 0.467 e. The minimum Gasteiger partial charge on any atom is -0.467 e. The second-order valence-electron chi connectivity index (χ2n) is 5.85. The van der Waals surface area contributed by atoms with E-state index in [1.165, 1.54) is 6.26 Å². The van der Waals surface area contributed by atoms with Gasteiger partial charge in [-0.2, -0.15) is 0 Å². The summed E-state index contributed by atoms with van der Waals surface area (Å²) in [5.41, 5.74) is 1.79. The Hall–Kier alpha value is -3.22. The lowest BCUT2D eigenvalue weighted by atomic mass is 10.00. The lowest BCUT2D eigenvalue weighted by Gasteiger charge is -2.30. The Bertz CT molecular complexity index is 799. The van der Waals surface area contributed by atoms with Crippen molar-refractivity contribution in [2.75, 3.05) is 25.1 Å². The van der Waals surface area contributed by atoms with Crippen LogP contribution in [-0.2, 0) is 9.53 Å². The standard InChI is InChI=1S/C19H21N3O4/c1-3-25-18(23)16-14(12-22(2)13-8-5-4-6-9-13)20-19(24)21-17(16)15-10-7-11-26-15/h4-11,17H,3,12H2,1-2H3,(H2,20,21,24)/t17-/m1/s1. The molecule has 0 unspecified atom stereocenters. The maximum atomic E-state index is 12.6. The van der Waals surface area contributed by atoms with Crippen LogP contribution < -0.4 is 15.5 Å². The number of carbonyl (C=O) groups is 2. The number of rotatable bonds is 6. The maximum absolute atomic E-state index is 12.6. The average Bonchev–Trinajstić information content (AvgIpc) is 3.16. The molecule has 7 nitrogen and oxygen atoms in total. The number of benzene rings is 1. The fourth-order valence-corrected chi connectivity index (χ4v) is 2.87. The fraction of sp³-hybridized carbons (Fsp3) is 0.263. The van der Waals surface area contributed by atoms with Gasteiger partial charge in [0.05, 0.1) is 30.7 Å². The van der Waals surface area contributed by atoms with Crippen LogP contribution in [0.3, 0.4) is 0 Å². The SMILES string of the molecule is CCOC(=O)C1=C(CN(C)c2ccccc2)NC(=O)N[C@@H]1c1ccco1. The fourth-order valence-electron chi connectivity index (χ4n) is 2.87. The number of hydrogen-bond donors (Lipinski definition) is 2. The van der Waals surface area contributed by atoms with Gasteiger partial charge in [-0.25, -0.2) is 9.59 Å². The summed E-state index contributed by atoms with van der Waals surface area (Å²) in [7, 11) is 1.89. The summed E-state index contributed by atoms with van der Waals surface area (Å²) in [5, 5.41) is 5.47. The van der Waals surface area contributed by atoms with E-state index in [1.807, 2.05) is 42.3 Å². The van der Waals surface area contributed by atoms with Crippen LogP contribution in [0.1, 0.15) is 18.7 Å². The number of ether oxygens (including phenoxy) is 1. The Labute approximate surface area is 151 Å². The molecule has 0 aliphatic carbocycles. The lowest BCUT2D eigenvalue weighted by Crippen LogP contribution is -2.48. The number of anilines is 1. The normalized spacial score (nSPS) is 16.7. The third-order valence-electron chi connectivity index (χ3n) is 4.07. The first-order chi connectivity index (χ1) is 12.6. The van der Waals surface area contributed by atoms with Crippen LogP contribution in [0.5, 0.6) is 0 Å². The molecule has 0 bridgehead atoms. The van der Waals surface area contributed by atoms with Gasteiger partial charge in [-0.3, -0.25) is 0 Å². The van der Waals surface area contributed by atoms with Crippen molar-refractivity contribution in [3.63, 3.8) is 0 Å². The summed E-state index contributed by atoms with van der Waals surface area (Å²) in [4.78, 5) is 26.7. The van der Waals surface area contributed by atoms with Crippen molar-refractivity contribution in [3.05, 3.63) is 65.8 Å². The van der Waals surface area contributed by atoms with E-state index in [0.717, 1.165) is 5.69 Å². The molecule has 1 aromatic carbocycles. The number of carbonyl (C=O) groups excluding carboxylic acids is 2. The number of furan rings is 1. The van der Waals surface area contributed by atoms with Gasteiger partial charge in [-0.05, 0) is 31.2 Å². The predicted molar refractivity (Wildman–Crippen MR) is 96.5 cm³/mol. The number of nitrogens with zero attached hydrogens (tertiary/aromatic N) is 1. The maximum Gasteiger partial charge on any atom is 0.338 e. The topological polar surface area (TPSA) is 83.8 Å². The number of hydrogen-bond acceptors (Lipinski definition) is 5. The summed E-state index contributed by atoms with van der Waals surface area (Å²) in [6.07, 6.45) is 1.50.